The van der Waals surface area contributed by atoms with Crippen molar-refractivity contribution in [3.05, 3.63) is 35.9 Å². The zero-order valence-electron chi connectivity index (χ0n) is 18.7. The number of nitrogens with zero attached hydrogens (tertiary/aromatic N) is 3. The summed E-state index contributed by atoms with van der Waals surface area (Å²) in [4.78, 5) is 9.12. The van der Waals surface area contributed by atoms with Crippen molar-refractivity contribution in [1.29, 1.82) is 0 Å². The summed E-state index contributed by atoms with van der Waals surface area (Å²) >= 11 is 0. The lowest BCUT2D eigenvalue weighted by Crippen LogP contribution is -2.57. The van der Waals surface area contributed by atoms with E-state index in [1.54, 1.807) is 7.05 Å². The van der Waals surface area contributed by atoms with Gasteiger partial charge in [0.05, 0.1) is 16.5 Å². The van der Waals surface area contributed by atoms with Gasteiger partial charge in [0.1, 0.15) is 0 Å². The van der Waals surface area contributed by atoms with E-state index < -0.39 is 14.6 Å². The molecule has 0 radical (unpaired) electrons. The van der Waals surface area contributed by atoms with Crippen LogP contribution in [-0.4, -0.2) is 74.4 Å². The predicted molar refractivity (Wildman–Crippen MR) is 135 cm³/mol. The van der Waals surface area contributed by atoms with Gasteiger partial charge in [0, 0.05) is 26.7 Å². The first-order valence-corrected chi connectivity index (χ1v) is 12.4. The first-order chi connectivity index (χ1) is 13.7. The average molecular weight is 549 g/mol. The second-order valence-corrected chi connectivity index (χ2v) is 11.8. The first-order valence-electron chi connectivity index (χ1n) is 10.7. The van der Waals surface area contributed by atoms with Crippen molar-refractivity contribution in [3.63, 3.8) is 0 Å². The summed E-state index contributed by atoms with van der Waals surface area (Å²) in [5.41, 5.74) is 1.31. The van der Waals surface area contributed by atoms with Gasteiger partial charge in [-0.2, -0.15) is 0 Å². The van der Waals surface area contributed by atoms with Gasteiger partial charge in [-0.3, -0.25) is 9.89 Å². The van der Waals surface area contributed by atoms with Crippen molar-refractivity contribution < 1.29 is 8.42 Å². The Hall–Kier alpha value is -0.870. The Labute approximate surface area is 199 Å². The molecule has 0 amide bonds. The van der Waals surface area contributed by atoms with E-state index in [1.807, 2.05) is 13.8 Å². The zero-order valence-corrected chi connectivity index (χ0v) is 21.8. The van der Waals surface area contributed by atoms with Crippen molar-refractivity contribution in [1.82, 2.24) is 15.1 Å². The van der Waals surface area contributed by atoms with E-state index in [1.165, 1.54) is 18.4 Å². The molecule has 2 aliphatic rings. The van der Waals surface area contributed by atoms with Gasteiger partial charge in [0.15, 0.2) is 15.8 Å². The molecule has 2 saturated heterocycles. The lowest BCUT2D eigenvalue weighted by molar-refractivity contribution is 0.138. The second kappa shape index (κ2) is 10.6. The average Bonchev–Trinajstić information content (AvgIpc) is 2.69. The molecule has 1 aromatic carbocycles. The molecule has 0 spiro atoms. The number of benzene rings is 1. The van der Waals surface area contributed by atoms with Gasteiger partial charge < -0.3 is 10.2 Å². The maximum absolute atomic E-state index is 12.4. The van der Waals surface area contributed by atoms with Crippen LogP contribution in [0.3, 0.4) is 0 Å². The third kappa shape index (κ3) is 5.88. The number of hydrogen-bond acceptors (Lipinski definition) is 4. The summed E-state index contributed by atoms with van der Waals surface area (Å²) in [5.74, 6) is 1.76. The number of sulfone groups is 1. The topological polar surface area (TPSA) is 65.0 Å². The Morgan fingerprint density at radius 1 is 1.20 bits per heavy atom. The summed E-state index contributed by atoms with van der Waals surface area (Å²) in [7, 11) is -1.29. The molecule has 3 rings (SSSR count). The second-order valence-electron chi connectivity index (χ2n) is 9.07. The van der Waals surface area contributed by atoms with Gasteiger partial charge in [-0.15, -0.1) is 24.0 Å². The van der Waals surface area contributed by atoms with E-state index in [-0.39, 0.29) is 35.8 Å². The van der Waals surface area contributed by atoms with E-state index in [4.69, 9.17) is 0 Å². The minimum atomic E-state index is -3.06. The number of hydrogen-bond donors (Lipinski definition) is 1. The van der Waals surface area contributed by atoms with Crippen LogP contribution in [0, 0.1) is 5.92 Å². The fraction of sp³-hybridized carbons (Fsp3) is 0.682. The van der Waals surface area contributed by atoms with Crippen LogP contribution >= 0.6 is 24.0 Å². The SMILES string of the molecule is CN=C(NCC(c1ccccc1)N1CCC(C)CC1)N1CCS(=O)(=O)C(C)(C)C1.I. The molecule has 2 aliphatic heterocycles. The van der Waals surface area contributed by atoms with Crippen molar-refractivity contribution in [2.45, 2.75) is 44.4 Å². The normalized spacial score (nSPS) is 23.5. The molecule has 1 aromatic rings. The molecule has 1 unspecified atom stereocenters. The monoisotopic (exact) mass is 548 g/mol. The maximum atomic E-state index is 12.4. The number of piperidine rings is 1. The van der Waals surface area contributed by atoms with E-state index >= 15 is 0 Å². The third-order valence-corrected chi connectivity index (χ3v) is 8.98. The standard InChI is InChI=1S/C22H36N4O2S.HI/c1-18-10-12-25(13-11-18)20(19-8-6-5-7-9-19)16-24-21(23-4)26-14-15-29(27,28)22(2,3)17-26;/h5-9,18,20H,10-17H2,1-4H3,(H,23,24);1H. The number of likely N-dealkylation sites (tertiary alicyclic amines) is 1. The summed E-state index contributed by atoms with van der Waals surface area (Å²) in [6.07, 6.45) is 2.46. The first kappa shape index (κ1) is 25.4. The number of halogens is 1. The Morgan fingerprint density at radius 3 is 2.40 bits per heavy atom. The molecular formula is C22H37IN4O2S. The fourth-order valence-electron chi connectivity index (χ4n) is 4.32. The van der Waals surface area contributed by atoms with E-state index in [9.17, 15) is 8.42 Å². The highest BCUT2D eigenvalue weighted by atomic mass is 127. The molecule has 170 valence electrons. The van der Waals surface area contributed by atoms with E-state index in [0.29, 0.717) is 13.1 Å². The van der Waals surface area contributed by atoms with Crippen molar-refractivity contribution in [2.24, 2.45) is 10.9 Å². The Morgan fingerprint density at radius 2 is 1.83 bits per heavy atom. The number of nitrogens with one attached hydrogen (secondary N) is 1. The molecule has 1 atom stereocenters. The van der Waals surface area contributed by atoms with E-state index in [0.717, 1.165) is 31.5 Å². The minimum Gasteiger partial charge on any atom is -0.354 e. The minimum absolute atomic E-state index is 0. The van der Waals surface area contributed by atoms with Crippen LogP contribution in [0.1, 0.15) is 45.2 Å². The van der Waals surface area contributed by atoms with Crippen LogP contribution in [0.4, 0.5) is 0 Å². The van der Waals surface area contributed by atoms with Crippen LogP contribution in [0.5, 0.6) is 0 Å². The van der Waals surface area contributed by atoms with Crippen molar-refractivity contribution in [3.8, 4) is 0 Å². The summed E-state index contributed by atoms with van der Waals surface area (Å²) in [5, 5.41) is 3.55. The fourth-order valence-corrected chi connectivity index (χ4v) is 5.68. The van der Waals surface area contributed by atoms with Crippen LogP contribution < -0.4 is 5.32 Å². The number of rotatable bonds is 4. The molecule has 8 heteroatoms. The predicted octanol–water partition coefficient (Wildman–Crippen LogP) is 3.16. The van der Waals surface area contributed by atoms with Crippen molar-refractivity contribution >= 4 is 39.8 Å². The van der Waals surface area contributed by atoms with Crippen LogP contribution in [0.2, 0.25) is 0 Å². The largest absolute Gasteiger partial charge is 0.354 e. The highest BCUT2D eigenvalue weighted by Crippen LogP contribution is 2.27. The summed E-state index contributed by atoms with van der Waals surface area (Å²) in [6, 6.07) is 10.9. The Kier molecular flexibility index (Phi) is 9.00. The molecule has 0 aromatic heterocycles. The smallest absolute Gasteiger partial charge is 0.193 e. The van der Waals surface area contributed by atoms with Gasteiger partial charge in [-0.1, -0.05) is 37.3 Å². The molecule has 0 saturated carbocycles. The Bertz CT molecular complexity index is 806. The van der Waals surface area contributed by atoms with Crippen LogP contribution in [0.25, 0.3) is 0 Å². The third-order valence-electron chi connectivity index (χ3n) is 6.45. The summed E-state index contributed by atoms with van der Waals surface area (Å²) in [6.45, 7) is 9.88. The van der Waals surface area contributed by atoms with Crippen LogP contribution in [-0.2, 0) is 9.84 Å². The lowest BCUT2D eigenvalue weighted by atomic mass is 9.95. The number of aliphatic imine (C=N–C) groups is 1. The molecule has 6 nitrogen and oxygen atoms in total. The highest BCUT2D eigenvalue weighted by Gasteiger charge is 2.41. The number of guanidine groups is 1. The van der Waals surface area contributed by atoms with Gasteiger partial charge in [0.2, 0.25) is 0 Å². The molecule has 30 heavy (non-hydrogen) atoms. The van der Waals surface area contributed by atoms with Crippen molar-refractivity contribution in [2.75, 3.05) is 45.5 Å². The highest BCUT2D eigenvalue weighted by molar-refractivity contribution is 14.0. The van der Waals surface area contributed by atoms with Gasteiger partial charge in [0.25, 0.3) is 0 Å². The molecule has 1 N–H and O–H groups in total. The van der Waals surface area contributed by atoms with Gasteiger partial charge >= 0.3 is 0 Å². The molecular weight excluding hydrogens is 511 g/mol. The van der Waals surface area contributed by atoms with Gasteiger partial charge in [-0.05, 0) is 51.3 Å². The molecule has 2 heterocycles. The lowest BCUT2D eigenvalue weighted by Gasteiger charge is -2.40. The molecule has 0 bridgehead atoms. The quantitative estimate of drug-likeness (QED) is 0.356. The molecule has 0 aliphatic carbocycles. The van der Waals surface area contributed by atoms with E-state index in [2.05, 4.69) is 57.4 Å². The Balaban J connectivity index is 0.00000320. The zero-order chi connectivity index (χ0) is 21.1. The maximum Gasteiger partial charge on any atom is 0.193 e. The van der Waals surface area contributed by atoms with Crippen LogP contribution in [0.15, 0.2) is 35.3 Å². The molecule has 2 fully saturated rings. The van der Waals surface area contributed by atoms with Gasteiger partial charge in [-0.25, -0.2) is 8.42 Å². The summed E-state index contributed by atoms with van der Waals surface area (Å²) < 4.78 is 23.9.